The summed E-state index contributed by atoms with van der Waals surface area (Å²) in [5.74, 6) is -1.10. The van der Waals surface area contributed by atoms with Crippen molar-refractivity contribution in [3.63, 3.8) is 0 Å². The first-order chi connectivity index (χ1) is 9.47. The number of pyridine rings is 1. The average Bonchev–Trinajstić information content (AvgIpc) is 2.90. The molecule has 1 amide bonds. The van der Waals surface area contributed by atoms with Crippen molar-refractivity contribution in [1.29, 1.82) is 0 Å². The summed E-state index contributed by atoms with van der Waals surface area (Å²) in [7, 11) is 0. The molecule has 0 bridgehead atoms. The summed E-state index contributed by atoms with van der Waals surface area (Å²) in [6.07, 6.45) is 3.90. The van der Waals surface area contributed by atoms with Crippen molar-refractivity contribution >= 4 is 29.3 Å². The van der Waals surface area contributed by atoms with Crippen LogP contribution in [0.25, 0.3) is 0 Å². The SMILES string of the molecule is CC(C(=O)Nc1ccc(Cl)cn1)n1cc(C(=O)O)cn1. The van der Waals surface area contributed by atoms with Crippen LogP contribution in [0, 0.1) is 0 Å². The lowest BCUT2D eigenvalue weighted by atomic mass is 10.3. The van der Waals surface area contributed by atoms with Crippen molar-refractivity contribution < 1.29 is 14.7 Å². The predicted octanol–water partition coefficient (Wildman–Crippen LogP) is 1.83. The lowest BCUT2D eigenvalue weighted by molar-refractivity contribution is -0.119. The van der Waals surface area contributed by atoms with Crippen LogP contribution in [0.5, 0.6) is 0 Å². The first-order valence-electron chi connectivity index (χ1n) is 5.67. The molecule has 7 nitrogen and oxygen atoms in total. The zero-order chi connectivity index (χ0) is 14.7. The molecule has 2 N–H and O–H groups in total. The van der Waals surface area contributed by atoms with Crippen LogP contribution in [-0.2, 0) is 4.79 Å². The Bertz CT molecular complexity index is 638. The third kappa shape index (κ3) is 3.12. The zero-order valence-electron chi connectivity index (χ0n) is 10.4. The van der Waals surface area contributed by atoms with E-state index in [1.807, 2.05) is 0 Å². The Labute approximate surface area is 119 Å². The molecule has 0 spiro atoms. The molecule has 1 atom stereocenters. The molecule has 0 fully saturated rings. The molecule has 2 aromatic rings. The van der Waals surface area contributed by atoms with Crippen LogP contribution in [-0.4, -0.2) is 31.7 Å². The van der Waals surface area contributed by atoms with Crippen molar-refractivity contribution in [1.82, 2.24) is 14.8 Å². The lowest BCUT2D eigenvalue weighted by Crippen LogP contribution is -2.24. The van der Waals surface area contributed by atoms with Gasteiger partial charge in [0, 0.05) is 12.4 Å². The Kier molecular flexibility index (Phi) is 3.99. The molecule has 0 saturated heterocycles. The first-order valence-corrected chi connectivity index (χ1v) is 6.05. The molecule has 104 valence electrons. The minimum atomic E-state index is -1.09. The van der Waals surface area contributed by atoms with E-state index in [0.29, 0.717) is 10.8 Å². The number of carbonyl (C=O) groups is 2. The summed E-state index contributed by atoms with van der Waals surface area (Å²) >= 11 is 5.69. The summed E-state index contributed by atoms with van der Waals surface area (Å²) in [5, 5.41) is 15.7. The topological polar surface area (TPSA) is 97.1 Å². The number of aromatic carboxylic acids is 1. The minimum absolute atomic E-state index is 0.0225. The fraction of sp³-hybridized carbons (Fsp3) is 0.167. The van der Waals surface area contributed by atoms with E-state index in [9.17, 15) is 9.59 Å². The van der Waals surface area contributed by atoms with Gasteiger partial charge in [-0.2, -0.15) is 5.10 Å². The van der Waals surface area contributed by atoms with E-state index in [1.165, 1.54) is 23.3 Å². The van der Waals surface area contributed by atoms with Gasteiger partial charge in [-0.25, -0.2) is 9.78 Å². The maximum atomic E-state index is 12.0. The van der Waals surface area contributed by atoms with Crippen molar-refractivity contribution in [3.05, 3.63) is 41.3 Å². The molecular formula is C12H11ClN4O3. The summed E-state index contributed by atoms with van der Waals surface area (Å²) in [5.41, 5.74) is 0.0225. The zero-order valence-corrected chi connectivity index (χ0v) is 11.2. The molecule has 8 heteroatoms. The highest BCUT2D eigenvalue weighted by Gasteiger charge is 2.18. The van der Waals surface area contributed by atoms with E-state index in [-0.39, 0.29) is 11.5 Å². The number of carbonyl (C=O) groups excluding carboxylic acids is 1. The highest BCUT2D eigenvalue weighted by molar-refractivity contribution is 6.30. The fourth-order valence-corrected chi connectivity index (χ4v) is 1.57. The van der Waals surface area contributed by atoms with Crippen molar-refractivity contribution in [3.8, 4) is 0 Å². The van der Waals surface area contributed by atoms with E-state index in [0.717, 1.165) is 0 Å². The number of hydrogen-bond acceptors (Lipinski definition) is 4. The number of rotatable bonds is 4. The maximum absolute atomic E-state index is 12.0. The van der Waals surface area contributed by atoms with E-state index >= 15 is 0 Å². The van der Waals surface area contributed by atoms with Gasteiger partial charge in [0.05, 0.1) is 16.8 Å². The van der Waals surface area contributed by atoms with Crippen LogP contribution >= 0.6 is 11.6 Å². The predicted molar refractivity (Wildman–Crippen MR) is 71.8 cm³/mol. The molecule has 2 aromatic heterocycles. The van der Waals surface area contributed by atoms with E-state index in [4.69, 9.17) is 16.7 Å². The second-order valence-electron chi connectivity index (χ2n) is 4.04. The lowest BCUT2D eigenvalue weighted by Gasteiger charge is -2.12. The number of amides is 1. The van der Waals surface area contributed by atoms with Crippen molar-refractivity contribution in [2.75, 3.05) is 5.32 Å². The molecule has 0 aliphatic heterocycles. The molecule has 2 heterocycles. The summed E-state index contributed by atoms with van der Waals surface area (Å²) < 4.78 is 1.27. The second kappa shape index (κ2) is 5.70. The third-order valence-corrected chi connectivity index (χ3v) is 2.83. The van der Waals surface area contributed by atoms with Crippen LogP contribution < -0.4 is 5.32 Å². The normalized spacial score (nSPS) is 11.9. The van der Waals surface area contributed by atoms with Crippen LogP contribution in [0.3, 0.4) is 0 Å². The Hall–Kier alpha value is -2.41. The standard InChI is InChI=1S/C12H11ClN4O3/c1-7(17-6-8(4-15-17)12(19)20)11(18)16-10-3-2-9(13)5-14-10/h2-7H,1H3,(H,19,20)(H,14,16,18). The average molecular weight is 295 g/mol. The number of nitrogens with one attached hydrogen (secondary N) is 1. The molecule has 2 rings (SSSR count). The number of carboxylic acids is 1. The molecule has 0 radical (unpaired) electrons. The van der Waals surface area contributed by atoms with Gasteiger partial charge in [-0.1, -0.05) is 11.6 Å². The quantitative estimate of drug-likeness (QED) is 0.896. The Balaban J connectivity index is 2.07. The van der Waals surface area contributed by atoms with Gasteiger partial charge in [0.2, 0.25) is 5.91 Å². The molecule has 0 aliphatic carbocycles. The molecule has 0 saturated carbocycles. The van der Waals surface area contributed by atoms with Gasteiger partial charge in [0.25, 0.3) is 0 Å². The van der Waals surface area contributed by atoms with Gasteiger partial charge in [-0.15, -0.1) is 0 Å². The Morgan fingerprint density at radius 3 is 2.70 bits per heavy atom. The summed E-state index contributed by atoms with van der Waals surface area (Å²) in [4.78, 5) is 26.7. The minimum Gasteiger partial charge on any atom is -0.478 e. The van der Waals surface area contributed by atoms with E-state index < -0.39 is 12.0 Å². The summed E-state index contributed by atoms with van der Waals surface area (Å²) in [6.45, 7) is 1.60. The highest BCUT2D eigenvalue weighted by Crippen LogP contribution is 2.13. The van der Waals surface area contributed by atoms with Gasteiger partial charge < -0.3 is 10.4 Å². The number of aromatic nitrogens is 3. The van der Waals surface area contributed by atoms with E-state index in [1.54, 1.807) is 19.1 Å². The highest BCUT2D eigenvalue weighted by atomic mass is 35.5. The van der Waals surface area contributed by atoms with Crippen molar-refractivity contribution in [2.24, 2.45) is 0 Å². The van der Waals surface area contributed by atoms with Gasteiger partial charge in [0.15, 0.2) is 0 Å². The van der Waals surface area contributed by atoms with Gasteiger partial charge in [-0.05, 0) is 19.1 Å². The van der Waals surface area contributed by atoms with Crippen LogP contribution in [0.4, 0.5) is 5.82 Å². The number of hydrogen-bond donors (Lipinski definition) is 2. The fourth-order valence-electron chi connectivity index (χ4n) is 1.46. The van der Waals surface area contributed by atoms with Crippen molar-refractivity contribution in [2.45, 2.75) is 13.0 Å². The van der Waals surface area contributed by atoms with Gasteiger partial charge in [0.1, 0.15) is 11.9 Å². The summed E-state index contributed by atoms with van der Waals surface area (Å²) in [6, 6.07) is 2.50. The van der Waals surface area contributed by atoms with Crippen LogP contribution in [0.2, 0.25) is 5.02 Å². The number of carboxylic acid groups (broad SMARTS) is 1. The smallest absolute Gasteiger partial charge is 0.338 e. The van der Waals surface area contributed by atoms with Gasteiger partial charge >= 0.3 is 5.97 Å². The third-order valence-electron chi connectivity index (χ3n) is 2.60. The second-order valence-corrected chi connectivity index (χ2v) is 4.48. The largest absolute Gasteiger partial charge is 0.478 e. The Morgan fingerprint density at radius 2 is 2.15 bits per heavy atom. The number of halogens is 1. The van der Waals surface area contributed by atoms with Gasteiger partial charge in [-0.3, -0.25) is 9.48 Å². The molecule has 0 aliphatic rings. The van der Waals surface area contributed by atoms with Crippen LogP contribution in [0.1, 0.15) is 23.3 Å². The number of nitrogens with zero attached hydrogens (tertiary/aromatic N) is 3. The molecular weight excluding hydrogens is 284 g/mol. The molecule has 20 heavy (non-hydrogen) atoms. The van der Waals surface area contributed by atoms with Crippen LogP contribution in [0.15, 0.2) is 30.7 Å². The monoisotopic (exact) mass is 294 g/mol. The van der Waals surface area contributed by atoms with E-state index in [2.05, 4.69) is 15.4 Å². The Morgan fingerprint density at radius 1 is 1.40 bits per heavy atom. The molecule has 1 unspecified atom stereocenters. The maximum Gasteiger partial charge on any atom is 0.338 e. The first kappa shape index (κ1) is 14.0. The number of anilines is 1. The molecule has 0 aromatic carbocycles.